The molecular formula is C22H18ClN3O3. The molecule has 4 rings (SSSR count). The predicted molar refractivity (Wildman–Crippen MR) is 109 cm³/mol. The molecule has 0 aliphatic heterocycles. The van der Waals surface area contributed by atoms with Crippen LogP contribution in [-0.2, 0) is 22.0 Å². The Morgan fingerprint density at radius 1 is 1.28 bits per heavy atom. The smallest absolute Gasteiger partial charge is 0.317 e. The van der Waals surface area contributed by atoms with Crippen LogP contribution in [0.5, 0.6) is 0 Å². The number of aryl methyl sites for hydroxylation is 1. The van der Waals surface area contributed by atoms with E-state index in [4.69, 9.17) is 16.3 Å². The zero-order valence-electron chi connectivity index (χ0n) is 15.7. The van der Waals surface area contributed by atoms with Gasteiger partial charge in [0, 0.05) is 12.1 Å². The van der Waals surface area contributed by atoms with Gasteiger partial charge in [0.1, 0.15) is 18.2 Å². The maximum absolute atomic E-state index is 12.7. The standard InChI is InChI=1S/C22H18ClN3O3/c1-26-18-5-3-2-4-17(18)25-20(26)16(12-24)19(27)13-29-21(28)22(10-11-22)14-6-8-15(23)9-7-14/h2-9,27H,10-11,13H2,1H3/b19-16-. The third kappa shape index (κ3) is 3.34. The summed E-state index contributed by atoms with van der Waals surface area (Å²) in [5.74, 6) is -0.430. The maximum atomic E-state index is 12.7. The van der Waals surface area contributed by atoms with Crippen LogP contribution in [0.15, 0.2) is 54.3 Å². The number of aliphatic hydroxyl groups excluding tert-OH is 1. The molecule has 2 aromatic carbocycles. The highest BCUT2D eigenvalue weighted by Gasteiger charge is 2.52. The number of carbonyl (C=O) groups is 1. The van der Waals surface area contributed by atoms with Gasteiger partial charge < -0.3 is 14.4 Å². The van der Waals surface area contributed by atoms with Crippen molar-refractivity contribution in [3.8, 4) is 6.07 Å². The quantitative estimate of drug-likeness (QED) is 0.387. The molecule has 0 atom stereocenters. The summed E-state index contributed by atoms with van der Waals surface area (Å²) in [6, 6.07) is 16.5. The van der Waals surface area contributed by atoms with Gasteiger partial charge in [-0.25, -0.2) is 4.98 Å². The number of hydrogen-bond donors (Lipinski definition) is 1. The molecule has 1 fully saturated rings. The molecule has 0 spiro atoms. The Balaban J connectivity index is 1.56. The summed E-state index contributed by atoms with van der Waals surface area (Å²) in [6.45, 7) is -0.389. The van der Waals surface area contributed by atoms with E-state index in [0.29, 0.717) is 29.2 Å². The minimum Gasteiger partial charge on any atom is -0.507 e. The molecule has 3 aromatic rings. The van der Waals surface area contributed by atoms with E-state index in [0.717, 1.165) is 11.1 Å². The fourth-order valence-corrected chi connectivity index (χ4v) is 3.59. The first-order chi connectivity index (χ1) is 14.0. The van der Waals surface area contributed by atoms with Gasteiger partial charge in [0.05, 0.1) is 16.4 Å². The Labute approximate surface area is 172 Å². The number of imidazole rings is 1. The summed E-state index contributed by atoms with van der Waals surface area (Å²) in [7, 11) is 1.76. The average molecular weight is 408 g/mol. The molecule has 0 amide bonds. The zero-order valence-corrected chi connectivity index (χ0v) is 16.5. The van der Waals surface area contributed by atoms with Gasteiger partial charge in [-0.05, 0) is 42.7 Å². The number of para-hydroxylation sites is 2. The van der Waals surface area contributed by atoms with Gasteiger partial charge in [-0.2, -0.15) is 5.26 Å². The molecule has 1 aromatic heterocycles. The summed E-state index contributed by atoms with van der Waals surface area (Å²) in [6.07, 6.45) is 1.35. The van der Waals surface area contributed by atoms with Gasteiger partial charge in [-0.1, -0.05) is 35.9 Å². The minimum atomic E-state index is -0.699. The number of ether oxygens (including phenoxy) is 1. The molecule has 0 unspecified atom stereocenters. The summed E-state index contributed by atoms with van der Waals surface area (Å²) in [4.78, 5) is 17.1. The van der Waals surface area contributed by atoms with Crippen LogP contribution in [-0.4, -0.2) is 27.2 Å². The Morgan fingerprint density at radius 3 is 2.59 bits per heavy atom. The first-order valence-corrected chi connectivity index (χ1v) is 9.51. The summed E-state index contributed by atoms with van der Waals surface area (Å²) < 4.78 is 7.09. The van der Waals surface area contributed by atoms with Crippen LogP contribution in [0.1, 0.15) is 24.2 Å². The lowest BCUT2D eigenvalue weighted by Crippen LogP contribution is -2.24. The predicted octanol–water partition coefficient (Wildman–Crippen LogP) is 4.29. The van der Waals surface area contributed by atoms with E-state index in [1.165, 1.54) is 0 Å². The number of allylic oxidation sites excluding steroid dienone is 1. The van der Waals surface area contributed by atoms with Crippen LogP contribution >= 0.6 is 11.6 Å². The van der Waals surface area contributed by atoms with E-state index in [9.17, 15) is 15.2 Å². The van der Waals surface area contributed by atoms with E-state index in [1.54, 1.807) is 23.7 Å². The normalized spacial score (nSPS) is 15.5. The van der Waals surface area contributed by atoms with E-state index in [-0.39, 0.29) is 17.9 Å². The molecule has 1 N–H and O–H groups in total. The van der Waals surface area contributed by atoms with Crippen LogP contribution < -0.4 is 0 Å². The topological polar surface area (TPSA) is 88.1 Å². The van der Waals surface area contributed by atoms with Gasteiger partial charge in [0.2, 0.25) is 0 Å². The Morgan fingerprint density at radius 2 is 1.97 bits per heavy atom. The lowest BCUT2D eigenvalue weighted by atomic mass is 9.96. The molecule has 1 aliphatic carbocycles. The minimum absolute atomic E-state index is 0.0205. The maximum Gasteiger partial charge on any atom is 0.317 e. The number of aromatic nitrogens is 2. The van der Waals surface area contributed by atoms with Gasteiger partial charge >= 0.3 is 5.97 Å². The Kier molecular flexibility index (Phi) is 4.77. The lowest BCUT2D eigenvalue weighted by Gasteiger charge is -2.15. The monoisotopic (exact) mass is 407 g/mol. The number of carbonyl (C=O) groups excluding carboxylic acids is 1. The number of benzene rings is 2. The third-order valence-corrected chi connectivity index (χ3v) is 5.54. The molecular weight excluding hydrogens is 390 g/mol. The molecule has 146 valence electrons. The molecule has 29 heavy (non-hydrogen) atoms. The average Bonchev–Trinajstić information content (AvgIpc) is 3.48. The van der Waals surface area contributed by atoms with Crippen molar-refractivity contribution >= 4 is 34.2 Å². The SMILES string of the molecule is Cn1c(/C(C#N)=C(\O)COC(=O)C2(c3ccc(Cl)cc3)CC2)nc2ccccc21. The molecule has 0 saturated heterocycles. The van der Waals surface area contributed by atoms with Crippen LogP contribution in [0.2, 0.25) is 5.02 Å². The summed E-state index contributed by atoms with van der Waals surface area (Å²) in [5.41, 5.74) is 1.66. The van der Waals surface area contributed by atoms with Crippen LogP contribution in [0.3, 0.4) is 0 Å². The number of rotatable bonds is 5. The zero-order chi connectivity index (χ0) is 20.6. The van der Waals surface area contributed by atoms with Crippen molar-refractivity contribution in [3.05, 3.63) is 70.7 Å². The number of nitriles is 1. The van der Waals surface area contributed by atoms with Gasteiger partial charge in [0.15, 0.2) is 11.6 Å². The van der Waals surface area contributed by atoms with Crippen molar-refractivity contribution in [3.63, 3.8) is 0 Å². The molecule has 7 heteroatoms. The second kappa shape index (κ2) is 7.26. The number of esters is 1. The highest BCUT2D eigenvalue weighted by Crippen LogP contribution is 2.49. The summed E-state index contributed by atoms with van der Waals surface area (Å²) >= 11 is 5.92. The fraction of sp³-hybridized carbons (Fsp3) is 0.227. The Bertz CT molecular complexity index is 1170. The van der Waals surface area contributed by atoms with Crippen LogP contribution in [0.4, 0.5) is 0 Å². The van der Waals surface area contributed by atoms with Gasteiger partial charge in [-0.3, -0.25) is 4.79 Å². The van der Waals surface area contributed by atoms with Crippen molar-refractivity contribution in [1.82, 2.24) is 9.55 Å². The fourth-order valence-electron chi connectivity index (χ4n) is 3.46. The number of hydrogen-bond acceptors (Lipinski definition) is 5. The number of aliphatic hydroxyl groups is 1. The van der Waals surface area contributed by atoms with Crippen molar-refractivity contribution in [2.45, 2.75) is 18.3 Å². The first-order valence-electron chi connectivity index (χ1n) is 9.13. The number of halogens is 1. The van der Waals surface area contributed by atoms with Crippen molar-refractivity contribution in [2.75, 3.05) is 6.61 Å². The van der Waals surface area contributed by atoms with E-state index < -0.39 is 11.4 Å². The van der Waals surface area contributed by atoms with Gasteiger partial charge in [0.25, 0.3) is 0 Å². The van der Waals surface area contributed by atoms with Crippen molar-refractivity contribution in [1.29, 1.82) is 5.26 Å². The molecule has 0 bridgehead atoms. The van der Waals surface area contributed by atoms with Crippen molar-refractivity contribution in [2.24, 2.45) is 7.05 Å². The first kappa shape index (κ1) is 19.0. The highest BCUT2D eigenvalue weighted by atomic mass is 35.5. The third-order valence-electron chi connectivity index (χ3n) is 5.29. The largest absolute Gasteiger partial charge is 0.507 e. The lowest BCUT2D eigenvalue weighted by molar-refractivity contribution is -0.146. The molecule has 0 radical (unpaired) electrons. The van der Waals surface area contributed by atoms with Crippen LogP contribution in [0, 0.1) is 11.3 Å². The van der Waals surface area contributed by atoms with E-state index in [1.807, 2.05) is 42.5 Å². The second-order valence-electron chi connectivity index (χ2n) is 7.08. The number of fused-ring (bicyclic) bond motifs is 1. The summed E-state index contributed by atoms with van der Waals surface area (Å²) in [5, 5.41) is 20.6. The Hall–Kier alpha value is -3.30. The van der Waals surface area contributed by atoms with E-state index in [2.05, 4.69) is 4.98 Å². The highest BCUT2D eigenvalue weighted by molar-refractivity contribution is 6.30. The van der Waals surface area contributed by atoms with Crippen molar-refractivity contribution < 1.29 is 14.6 Å². The second-order valence-corrected chi connectivity index (χ2v) is 7.52. The molecule has 1 heterocycles. The molecule has 1 aliphatic rings. The molecule has 1 saturated carbocycles. The van der Waals surface area contributed by atoms with E-state index >= 15 is 0 Å². The number of nitrogens with zero attached hydrogens (tertiary/aromatic N) is 3. The molecule has 6 nitrogen and oxygen atoms in total. The van der Waals surface area contributed by atoms with Gasteiger partial charge in [-0.15, -0.1) is 0 Å². The van der Waals surface area contributed by atoms with Crippen LogP contribution in [0.25, 0.3) is 16.6 Å².